The van der Waals surface area contributed by atoms with Gasteiger partial charge in [0.05, 0.1) is 0 Å². The summed E-state index contributed by atoms with van der Waals surface area (Å²) in [6, 6.07) is 52.4. The molecule has 40 heavy (non-hydrogen) atoms. The van der Waals surface area contributed by atoms with Gasteiger partial charge in [0.15, 0.2) is 0 Å². The van der Waals surface area contributed by atoms with Gasteiger partial charge < -0.3 is 9.88 Å². The highest BCUT2D eigenvalue weighted by atomic mass is 15.1. The Labute approximate surface area is 235 Å². The molecule has 0 aliphatic carbocycles. The van der Waals surface area contributed by atoms with E-state index in [1.54, 1.807) is 0 Å². The molecule has 2 heteroatoms. The summed E-state index contributed by atoms with van der Waals surface area (Å²) in [4.78, 5) is 5.85. The average molecular weight is 515 g/mol. The van der Waals surface area contributed by atoms with E-state index in [1.165, 1.54) is 49.6 Å². The van der Waals surface area contributed by atoms with Gasteiger partial charge in [-0.15, -0.1) is 0 Å². The zero-order valence-corrected chi connectivity index (χ0v) is 22.5. The molecule has 1 N–H and O–H groups in total. The van der Waals surface area contributed by atoms with Gasteiger partial charge in [-0.2, -0.15) is 0 Å². The third kappa shape index (κ3) is 4.44. The first-order valence-corrected chi connectivity index (χ1v) is 13.9. The maximum atomic E-state index is 3.53. The van der Waals surface area contributed by atoms with Crippen LogP contribution in [0.4, 0.5) is 17.1 Å². The molecule has 0 fully saturated rings. The zero-order chi connectivity index (χ0) is 26.9. The smallest absolute Gasteiger partial charge is 0.0465 e. The Balaban J connectivity index is 1.23. The van der Waals surface area contributed by atoms with Crippen LogP contribution in [0.3, 0.4) is 0 Å². The third-order valence-electron chi connectivity index (χ3n) is 7.80. The molecule has 0 radical (unpaired) electrons. The predicted octanol–water partition coefficient (Wildman–Crippen LogP) is 10.7. The molecule has 192 valence electrons. The SMILES string of the molecule is CCc1ccc(-c2ccc(N(c3ccccc3)c3ccc(-c4ccc5[nH]c6ccccc6c5c4)cc3)cc2)cc1. The summed E-state index contributed by atoms with van der Waals surface area (Å²) in [5, 5.41) is 2.52. The van der Waals surface area contributed by atoms with E-state index in [0.29, 0.717) is 0 Å². The summed E-state index contributed by atoms with van der Waals surface area (Å²) in [7, 11) is 0. The van der Waals surface area contributed by atoms with Gasteiger partial charge in [0, 0.05) is 38.9 Å². The molecule has 6 aromatic carbocycles. The van der Waals surface area contributed by atoms with Crippen molar-refractivity contribution in [1.29, 1.82) is 0 Å². The molecule has 0 atom stereocenters. The minimum Gasteiger partial charge on any atom is -0.355 e. The van der Waals surface area contributed by atoms with Gasteiger partial charge in [0.1, 0.15) is 0 Å². The van der Waals surface area contributed by atoms with Crippen LogP contribution in [0, 0.1) is 0 Å². The standard InChI is InChI=1S/C38H30N2/c1-2-27-12-14-28(15-13-27)29-16-21-33(22-17-29)40(32-8-4-3-5-9-32)34-23-18-30(19-24-34)31-20-25-38-36(26-31)35-10-6-7-11-37(35)39-38/h3-26,39H,2H2,1H3. The first-order chi connectivity index (χ1) is 19.8. The van der Waals surface area contributed by atoms with Gasteiger partial charge >= 0.3 is 0 Å². The Morgan fingerprint density at radius 1 is 0.450 bits per heavy atom. The summed E-state index contributed by atoms with van der Waals surface area (Å²) in [5.41, 5.74) is 12.0. The predicted molar refractivity (Wildman–Crippen MR) is 171 cm³/mol. The number of hydrogen-bond acceptors (Lipinski definition) is 1. The van der Waals surface area contributed by atoms with E-state index in [2.05, 4.69) is 162 Å². The number of benzene rings is 6. The van der Waals surface area contributed by atoms with Crippen molar-refractivity contribution >= 4 is 38.9 Å². The monoisotopic (exact) mass is 514 g/mol. The molecule has 0 amide bonds. The van der Waals surface area contributed by atoms with Crippen LogP contribution in [0.15, 0.2) is 146 Å². The van der Waals surface area contributed by atoms with Gasteiger partial charge in [0.2, 0.25) is 0 Å². The Morgan fingerprint density at radius 3 is 1.60 bits per heavy atom. The topological polar surface area (TPSA) is 19.0 Å². The molecule has 0 aliphatic rings. The number of fused-ring (bicyclic) bond motifs is 3. The van der Waals surface area contributed by atoms with Crippen molar-refractivity contribution in [2.24, 2.45) is 0 Å². The molecular weight excluding hydrogens is 484 g/mol. The number of aryl methyl sites for hydroxylation is 1. The number of aromatic amines is 1. The Hall–Kier alpha value is -5.08. The number of nitrogens with one attached hydrogen (secondary N) is 1. The number of rotatable bonds is 6. The Bertz CT molecular complexity index is 1900. The van der Waals surface area contributed by atoms with Gasteiger partial charge in [-0.25, -0.2) is 0 Å². The lowest BCUT2D eigenvalue weighted by Crippen LogP contribution is -2.09. The number of nitrogens with zero attached hydrogens (tertiary/aromatic N) is 1. The van der Waals surface area contributed by atoms with Crippen LogP contribution >= 0.6 is 0 Å². The van der Waals surface area contributed by atoms with Crippen LogP contribution in [0.5, 0.6) is 0 Å². The van der Waals surface area contributed by atoms with Crippen molar-refractivity contribution < 1.29 is 0 Å². The number of para-hydroxylation sites is 2. The van der Waals surface area contributed by atoms with Crippen molar-refractivity contribution in [1.82, 2.24) is 4.98 Å². The first kappa shape index (κ1) is 24.0. The Kier molecular flexibility index (Phi) is 6.14. The second-order valence-corrected chi connectivity index (χ2v) is 10.2. The summed E-state index contributed by atoms with van der Waals surface area (Å²) in [5.74, 6) is 0. The van der Waals surface area contributed by atoms with E-state index in [9.17, 15) is 0 Å². The van der Waals surface area contributed by atoms with Gasteiger partial charge in [0.25, 0.3) is 0 Å². The highest BCUT2D eigenvalue weighted by Gasteiger charge is 2.13. The van der Waals surface area contributed by atoms with Crippen LogP contribution in [0.2, 0.25) is 0 Å². The summed E-state index contributed by atoms with van der Waals surface area (Å²) < 4.78 is 0. The van der Waals surface area contributed by atoms with Crippen molar-refractivity contribution in [2.45, 2.75) is 13.3 Å². The molecule has 0 bridgehead atoms. The maximum absolute atomic E-state index is 3.53. The summed E-state index contributed by atoms with van der Waals surface area (Å²) >= 11 is 0. The summed E-state index contributed by atoms with van der Waals surface area (Å²) in [6.07, 6.45) is 1.06. The average Bonchev–Trinajstić information content (AvgIpc) is 3.41. The molecule has 2 nitrogen and oxygen atoms in total. The van der Waals surface area contributed by atoms with Crippen LogP contribution in [0.1, 0.15) is 12.5 Å². The van der Waals surface area contributed by atoms with Crippen molar-refractivity contribution in [3.63, 3.8) is 0 Å². The maximum Gasteiger partial charge on any atom is 0.0465 e. The molecule has 1 aromatic heterocycles. The van der Waals surface area contributed by atoms with Gasteiger partial charge in [-0.05, 0) is 88.8 Å². The van der Waals surface area contributed by atoms with Crippen LogP contribution in [0.25, 0.3) is 44.1 Å². The van der Waals surface area contributed by atoms with Crippen molar-refractivity contribution in [2.75, 3.05) is 4.90 Å². The molecule has 1 heterocycles. The second kappa shape index (κ2) is 10.2. The lowest BCUT2D eigenvalue weighted by molar-refractivity contribution is 1.14. The number of H-pyrrole nitrogens is 1. The molecule has 0 unspecified atom stereocenters. The third-order valence-corrected chi connectivity index (χ3v) is 7.80. The molecule has 7 rings (SSSR count). The molecule has 0 saturated carbocycles. The molecule has 0 spiro atoms. The fourth-order valence-corrected chi connectivity index (χ4v) is 5.59. The highest BCUT2D eigenvalue weighted by Crippen LogP contribution is 2.37. The largest absolute Gasteiger partial charge is 0.355 e. The quantitative estimate of drug-likeness (QED) is 0.234. The van der Waals surface area contributed by atoms with Crippen molar-refractivity contribution in [3.8, 4) is 22.3 Å². The first-order valence-electron chi connectivity index (χ1n) is 13.9. The van der Waals surface area contributed by atoms with E-state index in [1.807, 2.05) is 0 Å². The van der Waals surface area contributed by atoms with Crippen LogP contribution in [-0.4, -0.2) is 4.98 Å². The van der Waals surface area contributed by atoms with Crippen LogP contribution < -0.4 is 4.90 Å². The number of anilines is 3. The van der Waals surface area contributed by atoms with Gasteiger partial charge in [-0.1, -0.05) is 97.9 Å². The highest BCUT2D eigenvalue weighted by molar-refractivity contribution is 6.08. The van der Waals surface area contributed by atoms with E-state index in [-0.39, 0.29) is 0 Å². The minimum absolute atomic E-state index is 1.06. The molecule has 0 aliphatic heterocycles. The van der Waals surface area contributed by atoms with Crippen LogP contribution in [-0.2, 0) is 6.42 Å². The fraction of sp³-hybridized carbons (Fsp3) is 0.0526. The van der Waals surface area contributed by atoms with E-state index < -0.39 is 0 Å². The fourth-order valence-electron chi connectivity index (χ4n) is 5.59. The molecular formula is C38H30N2. The second-order valence-electron chi connectivity index (χ2n) is 10.2. The normalized spacial score (nSPS) is 11.2. The Morgan fingerprint density at radius 2 is 0.950 bits per heavy atom. The zero-order valence-electron chi connectivity index (χ0n) is 22.5. The lowest BCUT2D eigenvalue weighted by atomic mass is 10.0. The summed E-state index contributed by atoms with van der Waals surface area (Å²) in [6.45, 7) is 2.19. The van der Waals surface area contributed by atoms with Crippen molar-refractivity contribution in [3.05, 3.63) is 151 Å². The molecule has 7 aromatic rings. The lowest BCUT2D eigenvalue weighted by Gasteiger charge is -2.26. The minimum atomic E-state index is 1.06. The van der Waals surface area contributed by atoms with E-state index in [4.69, 9.17) is 0 Å². The van der Waals surface area contributed by atoms with E-state index in [0.717, 1.165) is 23.5 Å². The molecule has 0 saturated heterocycles. The van der Waals surface area contributed by atoms with Gasteiger partial charge in [-0.3, -0.25) is 0 Å². The van der Waals surface area contributed by atoms with E-state index >= 15 is 0 Å². The number of hydrogen-bond donors (Lipinski definition) is 1. The number of aromatic nitrogens is 1.